The van der Waals surface area contributed by atoms with Crippen LogP contribution in [0.25, 0.3) is 0 Å². The molecular weight excluding hydrogens is 556 g/mol. The Balaban J connectivity index is 1.10. The van der Waals surface area contributed by atoms with Gasteiger partial charge in [0.1, 0.15) is 5.82 Å². The van der Waals surface area contributed by atoms with E-state index >= 15 is 0 Å². The minimum atomic E-state index is -3.14. The molecule has 7 nitrogen and oxygen atoms in total. The Bertz CT molecular complexity index is 1140. The first-order valence-corrected chi connectivity index (χ1v) is 18.6. The lowest BCUT2D eigenvalue weighted by atomic mass is 10.0. The highest BCUT2D eigenvalue weighted by Crippen LogP contribution is 2.17. The van der Waals surface area contributed by atoms with E-state index in [2.05, 4.69) is 27.0 Å². The Morgan fingerprint density at radius 3 is 1.86 bits per heavy atom. The standard InChI is InChI=1S/C35H56N4O3S/c1-3-24-38-25-27-39(28-26-38)34-22-19-32(30-37-34)35(40)36-23-15-13-11-9-7-5-4-6-8-10-12-14-16-29-43(41,42)33-20-17-31(2)18-21-33/h17-22,30H,3-16,23-29H2,1-2H3,(H,36,40). The van der Waals surface area contributed by atoms with Gasteiger partial charge in [-0.1, -0.05) is 95.2 Å². The number of hydrogen-bond donors (Lipinski definition) is 1. The molecule has 2 aromatic rings. The van der Waals surface area contributed by atoms with Crippen molar-refractivity contribution in [2.75, 3.05) is 49.9 Å². The number of rotatable bonds is 21. The maximum Gasteiger partial charge on any atom is 0.252 e. The second-order valence-corrected chi connectivity index (χ2v) is 14.3. The molecule has 1 N–H and O–H groups in total. The largest absolute Gasteiger partial charge is 0.354 e. The maximum atomic E-state index is 12.5. The van der Waals surface area contributed by atoms with Gasteiger partial charge >= 0.3 is 0 Å². The number of carbonyl (C=O) groups is 1. The number of unbranched alkanes of at least 4 members (excludes halogenated alkanes) is 12. The van der Waals surface area contributed by atoms with Crippen LogP contribution in [0.1, 0.15) is 113 Å². The number of aryl methyl sites for hydroxylation is 1. The fourth-order valence-corrected chi connectivity index (χ4v) is 7.12. The van der Waals surface area contributed by atoms with Gasteiger partial charge in [0, 0.05) is 38.9 Å². The smallest absolute Gasteiger partial charge is 0.252 e. The van der Waals surface area contributed by atoms with Crippen LogP contribution in [0, 0.1) is 6.92 Å². The van der Waals surface area contributed by atoms with E-state index in [1.54, 1.807) is 18.3 Å². The normalized spacial score (nSPS) is 14.2. The Hall–Kier alpha value is -2.45. The van der Waals surface area contributed by atoms with Crippen LogP contribution in [-0.2, 0) is 9.84 Å². The summed E-state index contributed by atoms with van der Waals surface area (Å²) >= 11 is 0. The molecule has 0 atom stereocenters. The zero-order chi connectivity index (χ0) is 30.8. The molecule has 0 spiro atoms. The number of nitrogens with one attached hydrogen (secondary N) is 1. The van der Waals surface area contributed by atoms with Gasteiger partial charge in [0.2, 0.25) is 0 Å². The first kappa shape index (κ1) is 35.0. The zero-order valence-corrected chi connectivity index (χ0v) is 27.7. The number of piperazine rings is 1. The van der Waals surface area contributed by atoms with E-state index < -0.39 is 9.84 Å². The van der Waals surface area contributed by atoms with Crippen LogP contribution >= 0.6 is 0 Å². The van der Waals surface area contributed by atoms with Crippen LogP contribution < -0.4 is 10.2 Å². The molecule has 1 aliphatic heterocycles. The van der Waals surface area contributed by atoms with Crippen molar-refractivity contribution in [1.82, 2.24) is 15.2 Å². The summed E-state index contributed by atoms with van der Waals surface area (Å²) in [5.74, 6) is 1.19. The molecular formula is C35H56N4O3S. The van der Waals surface area contributed by atoms with Crippen molar-refractivity contribution in [2.45, 2.75) is 109 Å². The predicted octanol–water partition coefficient (Wildman–Crippen LogP) is 7.20. The van der Waals surface area contributed by atoms with Gasteiger partial charge in [-0.2, -0.15) is 0 Å². The Labute approximate surface area is 261 Å². The van der Waals surface area contributed by atoms with E-state index in [-0.39, 0.29) is 11.7 Å². The second kappa shape index (κ2) is 19.8. The molecule has 2 heterocycles. The number of carbonyl (C=O) groups excluding carboxylic acids is 1. The number of hydrogen-bond acceptors (Lipinski definition) is 6. The quantitative estimate of drug-likeness (QED) is 0.150. The number of nitrogens with zero attached hydrogens (tertiary/aromatic N) is 3. The van der Waals surface area contributed by atoms with Crippen LogP contribution in [-0.4, -0.2) is 69.2 Å². The van der Waals surface area contributed by atoms with Gasteiger partial charge < -0.3 is 10.2 Å². The third-order valence-electron chi connectivity index (χ3n) is 8.50. The van der Waals surface area contributed by atoms with Crippen molar-refractivity contribution >= 4 is 21.6 Å². The number of sulfone groups is 1. The average Bonchev–Trinajstić information content (AvgIpc) is 3.01. The van der Waals surface area contributed by atoms with E-state index in [4.69, 9.17) is 0 Å². The molecule has 3 rings (SSSR count). The van der Waals surface area contributed by atoms with Gasteiger partial charge in [-0.05, 0) is 57.0 Å². The molecule has 8 heteroatoms. The molecule has 1 fully saturated rings. The zero-order valence-electron chi connectivity index (χ0n) is 26.9. The van der Waals surface area contributed by atoms with Gasteiger partial charge in [-0.15, -0.1) is 0 Å². The van der Waals surface area contributed by atoms with Crippen LogP contribution in [0.15, 0.2) is 47.5 Å². The molecule has 1 aromatic carbocycles. The van der Waals surface area contributed by atoms with Crippen LogP contribution in [0.5, 0.6) is 0 Å². The van der Waals surface area contributed by atoms with Crippen molar-refractivity contribution in [3.63, 3.8) is 0 Å². The average molecular weight is 613 g/mol. The van der Waals surface area contributed by atoms with Gasteiger partial charge in [-0.25, -0.2) is 13.4 Å². The van der Waals surface area contributed by atoms with E-state index in [1.165, 1.54) is 57.8 Å². The van der Waals surface area contributed by atoms with Crippen molar-refractivity contribution in [2.24, 2.45) is 0 Å². The lowest BCUT2D eigenvalue weighted by molar-refractivity contribution is 0.0952. The summed E-state index contributed by atoms with van der Waals surface area (Å²) in [6.45, 7) is 10.2. The third kappa shape index (κ3) is 13.4. The van der Waals surface area contributed by atoms with Gasteiger partial charge in [-0.3, -0.25) is 9.69 Å². The molecule has 0 unspecified atom stereocenters. The molecule has 0 saturated carbocycles. The molecule has 1 aliphatic rings. The summed E-state index contributed by atoms with van der Waals surface area (Å²) in [5.41, 5.74) is 1.72. The fraction of sp³-hybridized carbons (Fsp3) is 0.657. The molecule has 1 saturated heterocycles. The summed E-state index contributed by atoms with van der Waals surface area (Å²) in [4.78, 5) is 22.3. The molecule has 43 heavy (non-hydrogen) atoms. The van der Waals surface area contributed by atoms with Crippen molar-refractivity contribution in [3.8, 4) is 0 Å². The Morgan fingerprint density at radius 2 is 1.33 bits per heavy atom. The number of aromatic nitrogens is 1. The number of amides is 1. The molecule has 0 aliphatic carbocycles. The predicted molar refractivity (Wildman–Crippen MR) is 179 cm³/mol. The SMILES string of the molecule is CCCN1CCN(c2ccc(C(=O)NCCCCCCCCCCCCCCCS(=O)(=O)c3ccc(C)cc3)cn2)CC1. The summed E-state index contributed by atoms with van der Waals surface area (Å²) in [6, 6.07) is 11.1. The second-order valence-electron chi connectivity index (χ2n) is 12.2. The van der Waals surface area contributed by atoms with E-state index in [0.717, 1.165) is 82.8 Å². The van der Waals surface area contributed by atoms with Crippen LogP contribution in [0.3, 0.4) is 0 Å². The van der Waals surface area contributed by atoms with Crippen molar-refractivity contribution in [1.29, 1.82) is 0 Å². The van der Waals surface area contributed by atoms with E-state index in [0.29, 0.717) is 10.5 Å². The van der Waals surface area contributed by atoms with Crippen LogP contribution in [0.2, 0.25) is 0 Å². The number of pyridine rings is 1. The molecule has 0 bridgehead atoms. The van der Waals surface area contributed by atoms with E-state index in [1.807, 2.05) is 31.2 Å². The monoisotopic (exact) mass is 612 g/mol. The fourth-order valence-electron chi connectivity index (χ4n) is 5.75. The van der Waals surface area contributed by atoms with Gasteiger partial charge in [0.25, 0.3) is 5.91 Å². The molecule has 240 valence electrons. The summed E-state index contributed by atoms with van der Waals surface area (Å²) in [5, 5.41) is 3.05. The topological polar surface area (TPSA) is 82.6 Å². The first-order chi connectivity index (χ1) is 20.9. The van der Waals surface area contributed by atoms with Crippen LogP contribution in [0.4, 0.5) is 5.82 Å². The number of anilines is 1. The minimum absolute atomic E-state index is 0.0286. The van der Waals surface area contributed by atoms with Gasteiger partial charge in [0.05, 0.1) is 16.2 Å². The van der Waals surface area contributed by atoms with Gasteiger partial charge in [0.15, 0.2) is 9.84 Å². The molecule has 0 radical (unpaired) electrons. The minimum Gasteiger partial charge on any atom is -0.354 e. The number of benzene rings is 1. The van der Waals surface area contributed by atoms with E-state index in [9.17, 15) is 13.2 Å². The van der Waals surface area contributed by atoms with Crippen molar-refractivity contribution in [3.05, 3.63) is 53.7 Å². The summed E-state index contributed by atoms with van der Waals surface area (Å²) in [6.07, 6.45) is 18.0. The Kier molecular flexibility index (Phi) is 16.1. The highest BCUT2D eigenvalue weighted by atomic mass is 32.2. The summed E-state index contributed by atoms with van der Waals surface area (Å²) < 4.78 is 24.8. The third-order valence-corrected chi connectivity index (χ3v) is 10.3. The lowest BCUT2D eigenvalue weighted by Crippen LogP contribution is -2.46. The van der Waals surface area contributed by atoms with Crippen molar-refractivity contribution < 1.29 is 13.2 Å². The lowest BCUT2D eigenvalue weighted by Gasteiger charge is -2.35. The maximum absolute atomic E-state index is 12.5. The molecule has 1 aromatic heterocycles. The highest BCUT2D eigenvalue weighted by Gasteiger charge is 2.18. The molecule has 1 amide bonds. The highest BCUT2D eigenvalue weighted by molar-refractivity contribution is 7.91. The Morgan fingerprint density at radius 1 is 0.767 bits per heavy atom. The summed E-state index contributed by atoms with van der Waals surface area (Å²) in [7, 11) is -3.14. The first-order valence-electron chi connectivity index (χ1n) is 16.9.